The number of rotatable bonds is 4. The van der Waals surface area contributed by atoms with Crippen LogP contribution in [0.25, 0.3) is 11.0 Å². The maximum Gasteiger partial charge on any atom is 0.233 e. The minimum Gasteiger partial charge on any atom is -0.473 e. The monoisotopic (exact) mass is 399 g/mol. The lowest BCUT2D eigenvalue weighted by Crippen LogP contribution is -2.31. The Morgan fingerprint density at radius 1 is 1.00 bits per heavy atom. The SMILES string of the molecule is Brc1ccc2ncc(OC3CCC(Nc4ncccn4)CC3)nc2c1. The van der Waals surface area contributed by atoms with E-state index >= 15 is 0 Å². The molecule has 1 N–H and O–H groups in total. The van der Waals surface area contributed by atoms with Gasteiger partial charge in [-0.15, -0.1) is 0 Å². The molecule has 1 aromatic carbocycles. The largest absolute Gasteiger partial charge is 0.473 e. The Labute approximate surface area is 154 Å². The Kier molecular flexibility index (Phi) is 4.74. The van der Waals surface area contributed by atoms with E-state index in [0.29, 0.717) is 17.9 Å². The Morgan fingerprint density at radius 3 is 2.60 bits per heavy atom. The first-order chi connectivity index (χ1) is 12.3. The molecule has 1 aliphatic rings. The van der Waals surface area contributed by atoms with E-state index in [1.165, 1.54) is 0 Å². The second kappa shape index (κ2) is 7.31. The van der Waals surface area contributed by atoms with Crippen LogP contribution in [-0.4, -0.2) is 32.1 Å². The summed E-state index contributed by atoms with van der Waals surface area (Å²) in [6, 6.07) is 8.07. The third-order valence-electron chi connectivity index (χ3n) is 4.34. The van der Waals surface area contributed by atoms with Crippen molar-refractivity contribution in [1.29, 1.82) is 0 Å². The van der Waals surface area contributed by atoms with Crippen molar-refractivity contribution in [1.82, 2.24) is 19.9 Å². The van der Waals surface area contributed by atoms with E-state index in [0.717, 1.165) is 41.2 Å². The minimum atomic E-state index is 0.175. The first-order valence-electron chi connectivity index (χ1n) is 8.39. The lowest BCUT2D eigenvalue weighted by Gasteiger charge is -2.29. The van der Waals surface area contributed by atoms with Gasteiger partial charge in [-0.25, -0.2) is 19.9 Å². The molecule has 6 nitrogen and oxygen atoms in total. The molecule has 4 rings (SSSR count). The van der Waals surface area contributed by atoms with Crippen LogP contribution in [0.2, 0.25) is 0 Å². The van der Waals surface area contributed by atoms with Crippen LogP contribution >= 0.6 is 15.9 Å². The van der Waals surface area contributed by atoms with Gasteiger partial charge in [-0.2, -0.15) is 0 Å². The third-order valence-corrected chi connectivity index (χ3v) is 4.84. The number of halogens is 1. The number of fused-ring (bicyclic) bond motifs is 1. The summed E-state index contributed by atoms with van der Waals surface area (Å²) in [7, 11) is 0. The Balaban J connectivity index is 1.35. The van der Waals surface area contributed by atoms with Crippen molar-refractivity contribution in [3.05, 3.63) is 47.3 Å². The molecule has 25 heavy (non-hydrogen) atoms. The summed E-state index contributed by atoms with van der Waals surface area (Å²) >= 11 is 3.46. The highest BCUT2D eigenvalue weighted by molar-refractivity contribution is 9.10. The molecular formula is C18H18BrN5O. The van der Waals surface area contributed by atoms with Crippen molar-refractivity contribution < 1.29 is 4.74 Å². The van der Waals surface area contributed by atoms with Crippen molar-refractivity contribution in [2.75, 3.05) is 5.32 Å². The van der Waals surface area contributed by atoms with Crippen LogP contribution in [0.1, 0.15) is 25.7 Å². The fourth-order valence-electron chi connectivity index (χ4n) is 3.08. The molecule has 1 aliphatic carbocycles. The van der Waals surface area contributed by atoms with Crippen LogP contribution in [0, 0.1) is 0 Å². The van der Waals surface area contributed by atoms with Gasteiger partial charge in [-0.1, -0.05) is 15.9 Å². The molecule has 3 aromatic rings. The standard InChI is InChI=1S/C18H18BrN5O/c19-12-2-7-15-16(10-12)24-17(11-22-15)25-14-5-3-13(4-6-14)23-18-20-8-1-9-21-18/h1-2,7-11,13-14H,3-6H2,(H,20,21,23). The molecular weight excluding hydrogens is 382 g/mol. The van der Waals surface area contributed by atoms with Crippen molar-refractivity contribution >= 4 is 32.9 Å². The van der Waals surface area contributed by atoms with Gasteiger partial charge in [0.15, 0.2) is 0 Å². The molecule has 0 saturated heterocycles. The number of anilines is 1. The van der Waals surface area contributed by atoms with Gasteiger partial charge in [0.2, 0.25) is 11.8 Å². The number of ether oxygens (including phenoxy) is 1. The predicted octanol–water partition coefficient (Wildman–Crippen LogP) is 3.98. The molecule has 1 fully saturated rings. The molecule has 0 radical (unpaired) electrons. The molecule has 128 valence electrons. The van der Waals surface area contributed by atoms with E-state index in [9.17, 15) is 0 Å². The molecule has 2 heterocycles. The summed E-state index contributed by atoms with van der Waals surface area (Å²) < 4.78 is 7.04. The minimum absolute atomic E-state index is 0.175. The Bertz CT molecular complexity index is 852. The molecule has 0 aliphatic heterocycles. The number of nitrogens with zero attached hydrogens (tertiary/aromatic N) is 4. The van der Waals surface area contributed by atoms with Gasteiger partial charge in [-0.05, 0) is 49.9 Å². The van der Waals surface area contributed by atoms with Crippen molar-refractivity contribution in [2.24, 2.45) is 0 Å². The smallest absolute Gasteiger partial charge is 0.233 e. The van der Waals surface area contributed by atoms with E-state index < -0.39 is 0 Å². The summed E-state index contributed by atoms with van der Waals surface area (Å²) in [6.07, 6.45) is 9.38. The normalized spacial score (nSPS) is 20.4. The molecule has 0 unspecified atom stereocenters. The molecule has 7 heteroatoms. The van der Waals surface area contributed by atoms with Crippen molar-refractivity contribution in [3.63, 3.8) is 0 Å². The van der Waals surface area contributed by atoms with Crippen LogP contribution < -0.4 is 10.1 Å². The highest BCUT2D eigenvalue weighted by Gasteiger charge is 2.23. The maximum absolute atomic E-state index is 6.05. The van der Waals surface area contributed by atoms with Crippen LogP contribution in [0.15, 0.2) is 47.3 Å². The van der Waals surface area contributed by atoms with Gasteiger partial charge < -0.3 is 10.1 Å². The molecule has 0 spiro atoms. The first-order valence-corrected chi connectivity index (χ1v) is 9.18. The van der Waals surface area contributed by atoms with Crippen LogP contribution in [0.3, 0.4) is 0 Å². The van der Waals surface area contributed by atoms with Gasteiger partial charge in [0.1, 0.15) is 6.10 Å². The fourth-order valence-corrected chi connectivity index (χ4v) is 3.43. The quantitative estimate of drug-likeness (QED) is 0.714. The van der Waals surface area contributed by atoms with Crippen LogP contribution in [-0.2, 0) is 0 Å². The van der Waals surface area contributed by atoms with E-state index in [2.05, 4.69) is 41.2 Å². The topological polar surface area (TPSA) is 72.8 Å². The maximum atomic E-state index is 6.05. The second-order valence-electron chi connectivity index (χ2n) is 6.15. The number of benzene rings is 1. The zero-order valence-corrected chi connectivity index (χ0v) is 15.2. The number of aromatic nitrogens is 4. The average molecular weight is 400 g/mol. The third kappa shape index (κ3) is 4.04. The zero-order valence-electron chi connectivity index (χ0n) is 13.6. The molecule has 0 amide bonds. The summed E-state index contributed by atoms with van der Waals surface area (Å²) in [4.78, 5) is 17.4. The highest BCUT2D eigenvalue weighted by Crippen LogP contribution is 2.25. The number of hydrogen-bond donors (Lipinski definition) is 1. The van der Waals surface area contributed by atoms with E-state index in [1.807, 2.05) is 24.3 Å². The van der Waals surface area contributed by atoms with Gasteiger partial charge >= 0.3 is 0 Å². The lowest BCUT2D eigenvalue weighted by atomic mass is 9.93. The second-order valence-corrected chi connectivity index (χ2v) is 7.07. The van der Waals surface area contributed by atoms with Crippen molar-refractivity contribution in [2.45, 2.75) is 37.8 Å². The molecule has 0 atom stereocenters. The summed E-state index contributed by atoms with van der Waals surface area (Å²) in [5.74, 6) is 1.28. The van der Waals surface area contributed by atoms with Gasteiger partial charge in [0.05, 0.1) is 17.2 Å². The summed E-state index contributed by atoms with van der Waals surface area (Å²) in [5.41, 5.74) is 1.70. The number of nitrogens with one attached hydrogen (secondary N) is 1. The Hall–Kier alpha value is -2.28. The first kappa shape index (κ1) is 16.2. The lowest BCUT2D eigenvalue weighted by molar-refractivity contribution is 0.144. The van der Waals surface area contributed by atoms with Crippen LogP contribution in [0.5, 0.6) is 5.88 Å². The molecule has 1 saturated carbocycles. The van der Waals surface area contributed by atoms with Crippen molar-refractivity contribution in [3.8, 4) is 5.88 Å². The van der Waals surface area contributed by atoms with E-state index in [-0.39, 0.29) is 6.10 Å². The summed E-state index contributed by atoms with van der Waals surface area (Å²) in [5, 5.41) is 3.38. The van der Waals surface area contributed by atoms with Gasteiger partial charge in [-0.3, -0.25) is 0 Å². The van der Waals surface area contributed by atoms with Gasteiger partial charge in [0, 0.05) is 22.9 Å². The number of hydrogen-bond acceptors (Lipinski definition) is 6. The molecule has 2 aromatic heterocycles. The summed E-state index contributed by atoms with van der Waals surface area (Å²) in [6.45, 7) is 0. The fraction of sp³-hybridized carbons (Fsp3) is 0.333. The predicted molar refractivity (Wildman–Crippen MR) is 99.6 cm³/mol. The zero-order chi connectivity index (χ0) is 17.1. The highest BCUT2D eigenvalue weighted by atomic mass is 79.9. The van der Waals surface area contributed by atoms with Crippen LogP contribution in [0.4, 0.5) is 5.95 Å². The average Bonchev–Trinajstić information content (AvgIpc) is 2.64. The van der Waals surface area contributed by atoms with E-state index in [1.54, 1.807) is 18.6 Å². The van der Waals surface area contributed by atoms with E-state index in [4.69, 9.17) is 4.74 Å². The van der Waals surface area contributed by atoms with Gasteiger partial charge in [0.25, 0.3) is 0 Å². The molecule has 0 bridgehead atoms. The Morgan fingerprint density at radius 2 is 1.80 bits per heavy atom.